The van der Waals surface area contributed by atoms with Crippen molar-refractivity contribution >= 4 is 34.0 Å². The van der Waals surface area contributed by atoms with E-state index in [9.17, 15) is 20.7 Å². The van der Waals surface area contributed by atoms with Gasteiger partial charge in [-0.1, -0.05) is 36.4 Å². The first-order valence-electron chi connectivity index (χ1n) is 11.2. The molecule has 0 atom stereocenters. The van der Waals surface area contributed by atoms with Crippen LogP contribution in [0.25, 0.3) is 34.0 Å². The SMILES string of the molecule is N#CC(C#N)=C1C=C(/C=C/c2ccc(O)c3ncccc23)OC(/C=C/c2ccc(O)c3ncccc23)=C1. The highest BCUT2D eigenvalue weighted by Crippen LogP contribution is 2.30. The van der Waals surface area contributed by atoms with Crippen molar-refractivity contribution in [3.05, 3.63) is 119 Å². The van der Waals surface area contributed by atoms with Gasteiger partial charge < -0.3 is 14.9 Å². The number of nitrogens with zero attached hydrogens (tertiary/aromatic N) is 4. The molecule has 4 aromatic rings. The lowest BCUT2D eigenvalue weighted by Crippen LogP contribution is -1.98. The van der Waals surface area contributed by atoms with Gasteiger partial charge in [-0.05, 0) is 59.7 Å². The van der Waals surface area contributed by atoms with Gasteiger partial charge in [0.25, 0.3) is 0 Å². The van der Waals surface area contributed by atoms with Gasteiger partial charge in [-0.3, -0.25) is 9.97 Å². The number of benzene rings is 2. The summed E-state index contributed by atoms with van der Waals surface area (Å²) in [5.74, 6) is 1.02. The first-order valence-corrected chi connectivity index (χ1v) is 11.2. The fraction of sp³-hybridized carbons (Fsp3) is 0. The van der Waals surface area contributed by atoms with E-state index in [-0.39, 0.29) is 17.1 Å². The maximum atomic E-state index is 10.1. The molecule has 2 aromatic heterocycles. The van der Waals surface area contributed by atoms with Crippen LogP contribution in [-0.4, -0.2) is 20.2 Å². The largest absolute Gasteiger partial charge is 0.506 e. The van der Waals surface area contributed by atoms with Gasteiger partial charge in [-0.2, -0.15) is 10.5 Å². The molecule has 0 spiro atoms. The van der Waals surface area contributed by atoms with Gasteiger partial charge in [0.2, 0.25) is 0 Å². The topological polar surface area (TPSA) is 123 Å². The van der Waals surface area contributed by atoms with Crippen LogP contribution in [0.4, 0.5) is 0 Å². The van der Waals surface area contributed by atoms with Crippen molar-refractivity contribution < 1.29 is 14.9 Å². The Bertz CT molecular complexity index is 1670. The summed E-state index contributed by atoms with van der Waals surface area (Å²) in [6, 6.07) is 17.8. The number of phenols is 2. The number of ether oxygens (including phenoxy) is 1. The molecule has 176 valence electrons. The maximum absolute atomic E-state index is 10.1. The van der Waals surface area contributed by atoms with Crippen molar-refractivity contribution in [1.82, 2.24) is 9.97 Å². The summed E-state index contributed by atoms with van der Waals surface area (Å²) in [5, 5.41) is 40.6. The average molecular weight is 482 g/mol. The van der Waals surface area contributed by atoms with Crippen LogP contribution in [0.5, 0.6) is 11.5 Å². The standard InChI is InChI=1S/C30H18N4O3/c31-17-22(18-32)21-15-23(9-5-19-7-11-27(35)29-25(19)3-1-13-33-29)37-24(16-21)10-6-20-8-12-28(36)30-26(20)4-2-14-34-30/h1-16,35-36H/b9-5+,10-6+. The average Bonchev–Trinajstić information content (AvgIpc) is 2.93. The molecule has 5 rings (SSSR count). The number of rotatable bonds is 4. The molecule has 0 bridgehead atoms. The molecule has 0 fully saturated rings. The van der Waals surface area contributed by atoms with E-state index in [1.165, 1.54) is 0 Å². The minimum Gasteiger partial charge on any atom is -0.506 e. The molecule has 0 amide bonds. The number of aromatic hydroxyl groups is 2. The number of fused-ring (bicyclic) bond motifs is 2. The van der Waals surface area contributed by atoms with Crippen molar-refractivity contribution in [3.63, 3.8) is 0 Å². The zero-order chi connectivity index (χ0) is 25.8. The summed E-state index contributed by atoms with van der Waals surface area (Å²) in [4.78, 5) is 8.48. The molecule has 3 heterocycles. The number of pyridine rings is 2. The highest BCUT2D eigenvalue weighted by Gasteiger charge is 2.13. The third-order valence-electron chi connectivity index (χ3n) is 5.76. The van der Waals surface area contributed by atoms with Crippen LogP contribution in [0, 0.1) is 22.7 Å². The van der Waals surface area contributed by atoms with Crippen LogP contribution in [0.15, 0.2) is 108 Å². The molecule has 2 N–H and O–H groups in total. The first kappa shape index (κ1) is 23.1. The summed E-state index contributed by atoms with van der Waals surface area (Å²) in [7, 11) is 0. The lowest BCUT2D eigenvalue weighted by molar-refractivity contribution is 0.332. The second kappa shape index (κ2) is 9.91. The van der Waals surface area contributed by atoms with E-state index in [0.29, 0.717) is 28.1 Å². The summed E-state index contributed by atoms with van der Waals surface area (Å²) in [5.41, 5.74) is 2.97. The third-order valence-corrected chi connectivity index (χ3v) is 5.76. The van der Waals surface area contributed by atoms with Crippen molar-refractivity contribution in [2.24, 2.45) is 0 Å². The van der Waals surface area contributed by atoms with E-state index in [2.05, 4.69) is 9.97 Å². The molecule has 0 radical (unpaired) electrons. The molecule has 0 saturated heterocycles. The smallest absolute Gasteiger partial charge is 0.141 e. The van der Waals surface area contributed by atoms with Crippen molar-refractivity contribution in [1.29, 1.82) is 10.5 Å². The Hall–Kier alpha value is -5.66. The number of hydrogen-bond donors (Lipinski definition) is 2. The van der Waals surface area contributed by atoms with E-state index in [4.69, 9.17) is 4.74 Å². The van der Waals surface area contributed by atoms with E-state index in [0.717, 1.165) is 21.9 Å². The molecular weight excluding hydrogens is 464 g/mol. The Kier molecular flexibility index (Phi) is 6.19. The Balaban J connectivity index is 1.51. The molecule has 1 aliphatic rings. The number of phenolic OH excluding ortho intramolecular Hbond substituents is 2. The molecule has 37 heavy (non-hydrogen) atoms. The van der Waals surface area contributed by atoms with Crippen LogP contribution in [0.3, 0.4) is 0 Å². The number of aromatic nitrogens is 2. The highest BCUT2D eigenvalue weighted by molar-refractivity contribution is 5.93. The van der Waals surface area contributed by atoms with Gasteiger partial charge in [-0.15, -0.1) is 0 Å². The maximum Gasteiger partial charge on any atom is 0.141 e. The monoisotopic (exact) mass is 482 g/mol. The van der Waals surface area contributed by atoms with Crippen molar-refractivity contribution in [3.8, 4) is 23.6 Å². The normalized spacial score (nSPS) is 13.3. The molecule has 0 aliphatic carbocycles. The molecule has 0 saturated carbocycles. The summed E-state index contributed by atoms with van der Waals surface area (Å²) < 4.78 is 6.04. The second-order valence-electron chi connectivity index (χ2n) is 8.06. The Morgan fingerprint density at radius 3 is 1.65 bits per heavy atom. The Morgan fingerprint density at radius 1 is 0.703 bits per heavy atom. The van der Waals surface area contributed by atoms with E-state index >= 15 is 0 Å². The van der Waals surface area contributed by atoms with Crippen molar-refractivity contribution in [2.75, 3.05) is 0 Å². The van der Waals surface area contributed by atoms with Crippen LogP contribution in [0.2, 0.25) is 0 Å². The lowest BCUT2D eigenvalue weighted by atomic mass is 10.0. The van der Waals surface area contributed by atoms with Gasteiger partial charge in [0.15, 0.2) is 0 Å². The molecule has 0 unspecified atom stereocenters. The molecule has 2 aromatic carbocycles. The van der Waals surface area contributed by atoms with Crippen LogP contribution in [-0.2, 0) is 4.74 Å². The lowest BCUT2D eigenvalue weighted by Gasteiger charge is -2.14. The summed E-state index contributed by atoms with van der Waals surface area (Å²) in [6.45, 7) is 0. The molecule has 7 heteroatoms. The molecule has 7 nitrogen and oxygen atoms in total. The van der Waals surface area contributed by atoms with E-state index < -0.39 is 0 Å². The van der Waals surface area contributed by atoms with Crippen LogP contribution >= 0.6 is 0 Å². The second-order valence-corrected chi connectivity index (χ2v) is 8.06. The highest BCUT2D eigenvalue weighted by atomic mass is 16.5. The summed E-state index contributed by atoms with van der Waals surface area (Å²) in [6.07, 6.45) is 13.6. The van der Waals surface area contributed by atoms with Gasteiger partial charge >= 0.3 is 0 Å². The molecular formula is C30H18N4O3. The number of nitriles is 2. The predicted molar refractivity (Wildman–Crippen MR) is 140 cm³/mol. The minimum atomic E-state index is -0.0429. The quantitative estimate of drug-likeness (QED) is 0.339. The first-order chi connectivity index (χ1) is 18.1. The van der Waals surface area contributed by atoms with E-state index in [1.54, 1.807) is 73.1 Å². The minimum absolute atomic E-state index is 0.0429. The van der Waals surface area contributed by atoms with Crippen LogP contribution < -0.4 is 0 Å². The zero-order valence-corrected chi connectivity index (χ0v) is 19.3. The fourth-order valence-corrected chi connectivity index (χ4v) is 4.00. The van der Waals surface area contributed by atoms with Gasteiger partial charge in [0.05, 0.1) is 0 Å². The van der Waals surface area contributed by atoms with Crippen molar-refractivity contribution in [2.45, 2.75) is 0 Å². The van der Waals surface area contributed by atoms with Gasteiger partial charge in [0, 0.05) is 28.7 Å². The number of hydrogen-bond acceptors (Lipinski definition) is 7. The zero-order valence-electron chi connectivity index (χ0n) is 19.3. The van der Waals surface area contributed by atoms with Crippen LogP contribution in [0.1, 0.15) is 11.1 Å². The Labute approximate surface area is 212 Å². The number of allylic oxidation sites excluding steroid dienone is 6. The molecule has 1 aliphatic heterocycles. The Morgan fingerprint density at radius 2 is 1.19 bits per heavy atom. The predicted octanol–water partition coefficient (Wildman–Crippen LogP) is 6.06. The van der Waals surface area contributed by atoms with Gasteiger partial charge in [-0.25, -0.2) is 0 Å². The fourth-order valence-electron chi connectivity index (χ4n) is 4.00. The van der Waals surface area contributed by atoms with Gasteiger partial charge in [0.1, 0.15) is 51.8 Å². The van der Waals surface area contributed by atoms with E-state index in [1.807, 2.05) is 36.4 Å². The third kappa shape index (κ3) is 4.66. The summed E-state index contributed by atoms with van der Waals surface area (Å²) >= 11 is 0.